The molecule has 1 atom stereocenters. The largest absolute Gasteiger partial charge is 0.459 e. The number of aliphatic hydroxyl groups is 1. The number of carbonyl (C=O) groups excluding carboxylic acids is 1. The van der Waals surface area contributed by atoms with Crippen molar-refractivity contribution in [1.82, 2.24) is 0 Å². The highest BCUT2D eigenvalue weighted by Gasteiger charge is 2.16. The van der Waals surface area contributed by atoms with Gasteiger partial charge in [0.2, 0.25) is 0 Å². The van der Waals surface area contributed by atoms with Crippen LogP contribution in [0.25, 0.3) is 0 Å². The number of aliphatic hydroxyl groups excluding tert-OH is 1. The first kappa shape index (κ1) is 13.8. The molecule has 0 fully saturated rings. The van der Waals surface area contributed by atoms with E-state index in [9.17, 15) is 4.79 Å². The van der Waals surface area contributed by atoms with Gasteiger partial charge in [0.05, 0.1) is 5.75 Å². The van der Waals surface area contributed by atoms with Crippen LogP contribution in [0.3, 0.4) is 0 Å². The standard InChI is InChI=1S/C10H20O3S/c1-8(5-6-11)14-7-9(12)13-10(2,3)4/h8,11H,5-7H2,1-4H3. The number of rotatable bonds is 5. The molecule has 0 saturated heterocycles. The van der Waals surface area contributed by atoms with Gasteiger partial charge in [-0.15, -0.1) is 11.8 Å². The molecule has 0 spiro atoms. The Labute approximate surface area is 90.2 Å². The van der Waals surface area contributed by atoms with Gasteiger partial charge in [-0.3, -0.25) is 4.79 Å². The van der Waals surface area contributed by atoms with Crippen molar-refractivity contribution in [3.63, 3.8) is 0 Å². The molecule has 84 valence electrons. The van der Waals surface area contributed by atoms with Crippen molar-refractivity contribution in [3.05, 3.63) is 0 Å². The quantitative estimate of drug-likeness (QED) is 0.718. The summed E-state index contributed by atoms with van der Waals surface area (Å²) in [5.74, 6) is 0.172. The lowest BCUT2D eigenvalue weighted by Crippen LogP contribution is -2.25. The van der Waals surface area contributed by atoms with Gasteiger partial charge >= 0.3 is 5.97 Å². The third-order valence-corrected chi connectivity index (χ3v) is 2.65. The summed E-state index contributed by atoms with van der Waals surface area (Å²) >= 11 is 1.52. The van der Waals surface area contributed by atoms with E-state index in [0.717, 1.165) is 0 Å². The highest BCUT2D eigenvalue weighted by atomic mass is 32.2. The maximum Gasteiger partial charge on any atom is 0.316 e. The van der Waals surface area contributed by atoms with Gasteiger partial charge in [-0.05, 0) is 27.2 Å². The summed E-state index contributed by atoms with van der Waals surface area (Å²) in [6.45, 7) is 7.72. The van der Waals surface area contributed by atoms with Crippen LogP contribution in [0, 0.1) is 0 Å². The highest BCUT2D eigenvalue weighted by molar-refractivity contribution is 8.00. The van der Waals surface area contributed by atoms with Crippen LogP contribution in [0.4, 0.5) is 0 Å². The van der Waals surface area contributed by atoms with E-state index in [4.69, 9.17) is 9.84 Å². The summed E-state index contributed by atoms with van der Waals surface area (Å²) in [6, 6.07) is 0. The lowest BCUT2D eigenvalue weighted by molar-refractivity contribution is -0.151. The molecule has 0 aliphatic rings. The lowest BCUT2D eigenvalue weighted by Gasteiger charge is -2.19. The summed E-state index contributed by atoms with van der Waals surface area (Å²) in [7, 11) is 0. The SMILES string of the molecule is CC(CCO)SCC(=O)OC(C)(C)C. The van der Waals surface area contributed by atoms with E-state index in [2.05, 4.69) is 0 Å². The predicted octanol–water partition coefficient (Wildman–Crippen LogP) is 1.83. The molecule has 0 saturated carbocycles. The normalized spacial score (nSPS) is 13.8. The summed E-state index contributed by atoms with van der Waals surface area (Å²) in [6.07, 6.45) is 0.716. The van der Waals surface area contributed by atoms with E-state index in [-0.39, 0.29) is 12.6 Å². The molecule has 0 amide bonds. The molecule has 3 nitrogen and oxygen atoms in total. The second-order valence-electron chi connectivity index (χ2n) is 4.22. The fourth-order valence-corrected chi connectivity index (χ4v) is 1.60. The molecule has 0 aliphatic carbocycles. The molecule has 0 heterocycles. The van der Waals surface area contributed by atoms with E-state index in [1.54, 1.807) is 0 Å². The summed E-state index contributed by atoms with van der Waals surface area (Å²) in [5.41, 5.74) is -0.405. The van der Waals surface area contributed by atoms with Gasteiger partial charge in [0, 0.05) is 11.9 Å². The molecule has 0 bridgehead atoms. The Hall–Kier alpha value is -0.220. The third kappa shape index (κ3) is 8.38. The van der Waals surface area contributed by atoms with Crippen LogP contribution >= 0.6 is 11.8 Å². The van der Waals surface area contributed by atoms with Crippen molar-refractivity contribution in [1.29, 1.82) is 0 Å². The summed E-state index contributed by atoms with van der Waals surface area (Å²) < 4.78 is 5.14. The van der Waals surface area contributed by atoms with Crippen LogP contribution in [0.15, 0.2) is 0 Å². The first-order chi connectivity index (χ1) is 6.35. The highest BCUT2D eigenvalue weighted by Crippen LogP contribution is 2.15. The monoisotopic (exact) mass is 220 g/mol. The number of ether oxygens (including phenoxy) is 1. The Balaban J connectivity index is 3.64. The van der Waals surface area contributed by atoms with Gasteiger partial charge in [0.1, 0.15) is 5.60 Å². The fraction of sp³-hybridized carbons (Fsp3) is 0.900. The van der Waals surface area contributed by atoms with Crippen LogP contribution in [-0.2, 0) is 9.53 Å². The lowest BCUT2D eigenvalue weighted by atomic mass is 10.2. The van der Waals surface area contributed by atoms with Crippen molar-refractivity contribution in [2.45, 2.75) is 45.0 Å². The van der Waals surface area contributed by atoms with Crippen molar-refractivity contribution in [2.24, 2.45) is 0 Å². The first-order valence-corrected chi connectivity index (χ1v) is 5.84. The predicted molar refractivity (Wildman–Crippen MR) is 59.5 cm³/mol. The Kier molecular flexibility index (Phi) is 6.20. The van der Waals surface area contributed by atoms with E-state index < -0.39 is 5.60 Å². The molecule has 0 rings (SSSR count). The minimum absolute atomic E-state index is 0.169. The molecule has 1 unspecified atom stereocenters. The molecule has 0 radical (unpaired) electrons. The van der Waals surface area contributed by atoms with Gasteiger partial charge in [-0.2, -0.15) is 0 Å². The van der Waals surface area contributed by atoms with Crippen molar-refractivity contribution in [2.75, 3.05) is 12.4 Å². The first-order valence-electron chi connectivity index (χ1n) is 4.79. The van der Waals surface area contributed by atoms with Crippen LogP contribution in [0.5, 0.6) is 0 Å². The van der Waals surface area contributed by atoms with E-state index in [1.807, 2.05) is 27.7 Å². The molecule has 0 aliphatic heterocycles. The zero-order valence-electron chi connectivity index (χ0n) is 9.37. The van der Waals surface area contributed by atoms with Crippen LogP contribution < -0.4 is 0 Å². The Bertz CT molecular complexity index is 175. The minimum Gasteiger partial charge on any atom is -0.459 e. The topological polar surface area (TPSA) is 46.5 Å². The van der Waals surface area contributed by atoms with Crippen LogP contribution in [0.2, 0.25) is 0 Å². The van der Waals surface area contributed by atoms with E-state index >= 15 is 0 Å². The van der Waals surface area contributed by atoms with Gasteiger partial charge in [0.25, 0.3) is 0 Å². The van der Waals surface area contributed by atoms with Crippen LogP contribution in [0.1, 0.15) is 34.1 Å². The fourth-order valence-electron chi connectivity index (χ4n) is 0.846. The Morgan fingerprint density at radius 1 is 1.50 bits per heavy atom. The zero-order valence-corrected chi connectivity index (χ0v) is 10.2. The average molecular weight is 220 g/mol. The summed E-state index contributed by atoms with van der Waals surface area (Å²) in [5, 5.41) is 8.96. The maximum absolute atomic E-state index is 11.3. The van der Waals surface area contributed by atoms with Crippen LogP contribution in [-0.4, -0.2) is 34.3 Å². The molecule has 14 heavy (non-hydrogen) atoms. The zero-order chi connectivity index (χ0) is 11.2. The second-order valence-corrected chi connectivity index (χ2v) is 5.65. The van der Waals surface area contributed by atoms with Crippen molar-refractivity contribution in [3.8, 4) is 0 Å². The van der Waals surface area contributed by atoms with E-state index in [0.29, 0.717) is 17.4 Å². The molecule has 0 aromatic carbocycles. The summed E-state index contributed by atoms with van der Waals surface area (Å²) in [4.78, 5) is 11.3. The van der Waals surface area contributed by atoms with Crippen molar-refractivity contribution >= 4 is 17.7 Å². The van der Waals surface area contributed by atoms with Gasteiger partial charge in [0.15, 0.2) is 0 Å². The van der Waals surface area contributed by atoms with Crippen molar-refractivity contribution < 1.29 is 14.6 Å². The second kappa shape index (κ2) is 6.30. The van der Waals surface area contributed by atoms with Gasteiger partial charge in [-0.1, -0.05) is 6.92 Å². The van der Waals surface area contributed by atoms with Gasteiger partial charge in [-0.25, -0.2) is 0 Å². The van der Waals surface area contributed by atoms with E-state index in [1.165, 1.54) is 11.8 Å². The minimum atomic E-state index is -0.405. The molecule has 0 aromatic heterocycles. The molecular formula is C10H20O3S. The smallest absolute Gasteiger partial charge is 0.316 e. The number of thioether (sulfide) groups is 1. The molecule has 4 heteroatoms. The Morgan fingerprint density at radius 3 is 2.50 bits per heavy atom. The number of hydrogen-bond donors (Lipinski definition) is 1. The molecule has 0 aromatic rings. The number of carbonyl (C=O) groups is 1. The Morgan fingerprint density at radius 2 is 2.07 bits per heavy atom. The number of esters is 1. The number of hydrogen-bond acceptors (Lipinski definition) is 4. The third-order valence-electron chi connectivity index (χ3n) is 1.44. The maximum atomic E-state index is 11.3. The van der Waals surface area contributed by atoms with Gasteiger partial charge < -0.3 is 9.84 Å². The average Bonchev–Trinajstić information content (AvgIpc) is 1.98. The molecule has 1 N–H and O–H groups in total. The molecular weight excluding hydrogens is 200 g/mol.